The lowest BCUT2D eigenvalue weighted by atomic mass is 10.0. The highest BCUT2D eigenvalue weighted by atomic mass is 35.5. The van der Waals surface area contributed by atoms with Crippen molar-refractivity contribution in [1.29, 1.82) is 0 Å². The molecule has 0 aliphatic carbocycles. The van der Waals surface area contributed by atoms with E-state index in [1.54, 1.807) is 42.7 Å². The Bertz CT molecular complexity index is 1040. The van der Waals surface area contributed by atoms with Crippen molar-refractivity contribution in [3.63, 3.8) is 0 Å². The van der Waals surface area contributed by atoms with Crippen LogP contribution in [0, 0.1) is 0 Å². The summed E-state index contributed by atoms with van der Waals surface area (Å²) in [5.74, 6) is 0. The van der Waals surface area contributed by atoms with Gasteiger partial charge in [-0.1, -0.05) is 23.2 Å². The Balaban J connectivity index is 1.72. The molecule has 0 atom stereocenters. The molecular formula is C17H13Cl2NO3S. The van der Waals surface area contributed by atoms with Crippen molar-refractivity contribution in [3.8, 4) is 0 Å². The third kappa shape index (κ3) is 2.62. The van der Waals surface area contributed by atoms with Crippen molar-refractivity contribution in [2.24, 2.45) is 0 Å². The Morgan fingerprint density at radius 2 is 1.92 bits per heavy atom. The lowest BCUT2D eigenvalue weighted by Crippen LogP contribution is -2.36. The average Bonchev–Trinajstić information content (AvgIpc) is 3.01. The van der Waals surface area contributed by atoms with Crippen LogP contribution in [0.15, 0.2) is 52.0 Å². The molecule has 0 radical (unpaired) electrons. The van der Waals surface area contributed by atoms with Crippen molar-refractivity contribution in [3.05, 3.63) is 63.8 Å². The maximum absolute atomic E-state index is 13.0. The van der Waals surface area contributed by atoms with Crippen molar-refractivity contribution >= 4 is 44.2 Å². The van der Waals surface area contributed by atoms with Gasteiger partial charge in [-0.25, -0.2) is 8.42 Å². The van der Waals surface area contributed by atoms with E-state index in [-0.39, 0.29) is 11.4 Å². The molecule has 0 N–H and O–H groups in total. The van der Waals surface area contributed by atoms with Gasteiger partial charge in [0, 0.05) is 34.6 Å². The van der Waals surface area contributed by atoms with E-state index in [0.29, 0.717) is 28.6 Å². The number of sulfonamides is 1. The predicted molar refractivity (Wildman–Crippen MR) is 94.0 cm³/mol. The summed E-state index contributed by atoms with van der Waals surface area (Å²) >= 11 is 12.3. The third-order valence-corrected chi connectivity index (χ3v) is 6.67. The fourth-order valence-corrected chi connectivity index (χ4v) is 5.10. The molecule has 1 aliphatic heterocycles. The number of benzene rings is 2. The minimum Gasteiger partial charge on any atom is -0.464 e. The van der Waals surface area contributed by atoms with Gasteiger partial charge in [-0.3, -0.25) is 0 Å². The van der Waals surface area contributed by atoms with E-state index >= 15 is 0 Å². The molecular weight excluding hydrogens is 369 g/mol. The summed E-state index contributed by atoms with van der Waals surface area (Å²) in [7, 11) is -3.61. The van der Waals surface area contributed by atoms with E-state index in [4.69, 9.17) is 27.6 Å². The smallest absolute Gasteiger partial charge is 0.243 e. The monoisotopic (exact) mass is 381 g/mol. The second-order valence-corrected chi connectivity index (χ2v) is 8.52. The van der Waals surface area contributed by atoms with E-state index in [1.165, 1.54) is 4.31 Å². The van der Waals surface area contributed by atoms with Crippen LogP contribution in [0.4, 0.5) is 0 Å². The van der Waals surface area contributed by atoms with E-state index in [9.17, 15) is 8.42 Å². The summed E-state index contributed by atoms with van der Waals surface area (Å²) in [5, 5.41) is 1.97. The van der Waals surface area contributed by atoms with Gasteiger partial charge in [0.05, 0.1) is 11.2 Å². The van der Waals surface area contributed by atoms with Crippen LogP contribution in [0.2, 0.25) is 10.0 Å². The van der Waals surface area contributed by atoms with Crippen LogP contribution in [-0.2, 0) is 23.0 Å². The van der Waals surface area contributed by atoms with Crippen molar-refractivity contribution in [2.75, 3.05) is 6.54 Å². The number of rotatable bonds is 2. The minimum atomic E-state index is -3.61. The number of fused-ring (bicyclic) bond motifs is 2. The maximum Gasteiger partial charge on any atom is 0.243 e. The summed E-state index contributed by atoms with van der Waals surface area (Å²) in [5.41, 5.74) is 2.37. The molecule has 24 heavy (non-hydrogen) atoms. The molecule has 4 rings (SSSR count). The molecule has 0 spiro atoms. The van der Waals surface area contributed by atoms with Crippen LogP contribution in [0.1, 0.15) is 11.1 Å². The van der Waals surface area contributed by atoms with Gasteiger partial charge < -0.3 is 4.42 Å². The lowest BCUT2D eigenvalue weighted by molar-refractivity contribution is 0.391. The number of nitrogens with zero attached hydrogens (tertiary/aromatic N) is 1. The van der Waals surface area contributed by atoms with Crippen LogP contribution in [0.5, 0.6) is 0 Å². The first-order chi connectivity index (χ1) is 11.4. The summed E-state index contributed by atoms with van der Waals surface area (Å²) < 4.78 is 32.7. The summed E-state index contributed by atoms with van der Waals surface area (Å²) in [6, 6.07) is 10.2. The van der Waals surface area contributed by atoms with Gasteiger partial charge in [-0.2, -0.15) is 4.31 Å². The van der Waals surface area contributed by atoms with E-state index < -0.39 is 10.0 Å². The molecule has 1 aromatic heterocycles. The Morgan fingerprint density at radius 1 is 1.08 bits per heavy atom. The number of hydrogen-bond acceptors (Lipinski definition) is 3. The topological polar surface area (TPSA) is 50.5 Å². The van der Waals surface area contributed by atoms with Crippen LogP contribution >= 0.6 is 23.2 Å². The highest BCUT2D eigenvalue weighted by Crippen LogP contribution is 2.32. The first-order valence-corrected chi connectivity index (χ1v) is 9.59. The number of hydrogen-bond donors (Lipinski definition) is 0. The Morgan fingerprint density at radius 3 is 2.75 bits per heavy atom. The molecule has 3 aromatic rings. The number of furan rings is 1. The molecule has 124 valence electrons. The Labute approximate surface area is 149 Å². The molecule has 0 fully saturated rings. The largest absolute Gasteiger partial charge is 0.464 e. The first-order valence-electron chi connectivity index (χ1n) is 7.39. The lowest BCUT2D eigenvalue weighted by Gasteiger charge is -2.28. The molecule has 1 aliphatic rings. The quantitative estimate of drug-likeness (QED) is 0.656. The van der Waals surface area contributed by atoms with Crippen LogP contribution in [0.25, 0.3) is 11.0 Å². The average molecular weight is 382 g/mol. The Kier molecular flexibility index (Phi) is 3.84. The molecule has 7 heteroatoms. The van der Waals surface area contributed by atoms with Crippen LogP contribution < -0.4 is 0 Å². The summed E-state index contributed by atoms with van der Waals surface area (Å²) in [6.07, 6.45) is 2.11. The summed E-state index contributed by atoms with van der Waals surface area (Å²) in [6.45, 7) is 0.640. The number of halogens is 2. The van der Waals surface area contributed by atoms with Gasteiger partial charge in [0.25, 0.3) is 0 Å². The third-order valence-electron chi connectivity index (χ3n) is 4.28. The zero-order valence-corrected chi connectivity index (χ0v) is 14.8. The fraction of sp³-hybridized carbons (Fsp3) is 0.176. The standard InChI is InChI=1S/C17H13Cl2NO3S/c18-13-7-12-10-20(5-3-15(12)16(19)8-13)24(21,22)14-2-1-11-4-6-23-17(11)9-14/h1-2,4,6-9H,3,5,10H2. The molecule has 2 heterocycles. The molecule has 0 bridgehead atoms. The van der Waals surface area contributed by atoms with Gasteiger partial charge in [-0.05, 0) is 47.9 Å². The molecule has 4 nitrogen and oxygen atoms in total. The highest BCUT2D eigenvalue weighted by Gasteiger charge is 2.29. The van der Waals surface area contributed by atoms with Gasteiger partial charge in [-0.15, -0.1) is 0 Å². The SMILES string of the molecule is O=S(=O)(c1ccc2ccoc2c1)N1CCc2c(Cl)cc(Cl)cc2C1. The van der Waals surface area contributed by atoms with Crippen molar-refractivity contribution in [1.82, 2.24) is 4.31 Å². The zero-order valence-electron chi connectivity index (χ0n) is 12.5. The zero-order chi connectivity index (χ0) is 16.9. The van der Waals surface area contributed by atoms with Gasteiger partial charge >= 0.3 is 0 Å². The highest BCUT2D eigenvalue weighted by molar-refractivity contribution is 7.89. The van der Waals surface area contributed by atoms with E-state index in [2.05, 4.69) is 0 Å². The van der Waals surface area contributed by atoms with E-state index in [1.807, 2.05) is 0 Å². The second kappa shape index (κ2) is 5.77. The van der Waals surface area contributed by atoms with Crippen LogP contribution in [-0.4, -0.2) is 19.3 Å². The Hall–Kier alpha value is -1.53. The summed E-state index contributed by atoms with van der Waals surface area (Å²) in [4.78, 5) is 0.224. The minimum absolute atomic E-state index is 0.224. The molecule has 2 aromatic carbocycles. The van der Waals surface area contributed by atoms with Crippen molar-refractivity contribution < 1.29 is 12.8 Å². The van der Waals surface area contributed by atoms with Gasteiger partial charge in [0.1, 0.15) is 5.58 Å². The van der Waals surface area contributed by atoms with Crippen molar-refractivity contribution in [2.45, 2.75) is 17.9 Å². The molecule has 0 amide bonds. The predicted octanol–water partition coefficient (Wildman–Crippen LogP) is 4.49. The molecule has 0 saturated carbocycles. The molecule has 0 unspecified atom stereocenters. The van der Waals surface area contributed by atoms with Crippen LogP contribution in [0.3, 0.4) is 0 Å². The molecule has 0 saturated heterocycles. The normalized spacial score (nSPS) is 15.6. The first kappa shape index (κ1) is 16.0. The van der Waals surface area contributed by atoms with Gasteiger partial charge in [0.2, 0.25) is 10.0 Å². The van der Waals surface area contributed by atoms with Gasteiger partial charge in [0.15, 0.2) is 0 Å². The van der Waals surface area contributed by atoms with E-state index in [0.717, 1.165) is 16.5 Å². The second-order valence-electron chi connectivity index (χ2n) is 5.73. The maximum atomic E-state index is 13.0. The fourth-order valence-electron chi connectivity index (χ4n) is 3.03.